The van der Waals surface area contributed by atoms with Crippen LogP contribution in [0.2, 0.25) is 0 Å². The summed E-state index contributed by atoms with van der Waals surface area (Å²) in [6.45, 7) is 5.46. The Bertz CT molecular complexity index is 683. The summed E-state index contributed by atoms with van der Waals surface area (Å²) in [5.74, 6) is -1.01. The normalized spacial score (nSPS) is 19.6. The van der Waals surface area contributed by atoms with E-state index in [0.717, 1.165) is 17.7 Å². The van der Waals surface area contributed by atoms with E-state index >= 15 is 0 Å². The number of hydrogen-bond donors (Lipinski definition) is 0. The maximum atomic E-state index is 12.8. The lowest BCUT2D eigenvalue weighted by atomic mass is 10.1. The Morgan fingerprint density at radius 1 is 1.04 bits per heavy atom. The SMILES string of the molecule is CCOC(=O)N1CCN(C(=O)C(=O)N2c3ccccc3CC2C)CC1. The minimum atomic E-state index is -0.507. The van der Waals surface area contributed by atoms with Crippen molar-refractivity contribution in [2.24, 2.45) is 0 Å². The van der Waals surface area contributed by atoms with Gasteiger partial charge in [-0.15, -0.1) is 0 Å². The summed E-state index contributed by atoms with van der Waals surface area (Å²) in [5, 5.41) is 0. The number of rotatable bonds is 1. The molecule has 1 unspecified atom stereocenters. The molecule has 0 aliphatic carbocycles. The van der Waals surface area contributed by atoms with E-state index in [2.05, 4.69) is 0 Å². The minimum Gasteiger partial charge on any atom is -0.450 e. The molecule has 1 saturated heterocycles. The molecule has 25 heavy (non-hydrogen) atoms. The highest BCUT2D eigenvalue weighted by atomic mass is 16.6. The van der Waals surface area contributed by atoms with E-state index in [9.17, 15) is 14.4 Å². The molecule has 0 saturated carbocycles. The Morgan fingerprint density at radius 2 is 1.68 bits per heavy atom. The van der Waals surface area contributed by atoms with Gasteiger partial charge in [-0.1, -0.05) is 18.2 Å². The van der Waals surface area contributed by atoms with Gasteiger partial charge in [0.2, 0.25) is 0 Å². The topological polar surface area (TPSA) is 70.2 Å². The fraction of sp³-hybridized carbons (Fsp3) is 0.500. The Balaban J connectivity index is 1.64. The molecule has 7 nitrogen and oxygen atoms in total. The van der Waals surface area contributed by atoms with Gasteiger partial charge >= 0.3 is 17.9 Å². The number of piperazine rings is 1. The lowest BCUT2D eigenvalue weighted by Gasteiger charge is -2.34. The lowest BCUT2D eigenvalue weighted by Crippen LogP contribution is -2.55. The largest absolute Gasteiger partial charge is 0.450 e. The molecule has 1 aromatic rings. The Morgan fingerprint density at radius 3 is 2.36 bits per heavy atom. The predicted molar refractivity (Wildman–Crippen MR) is 92.3 cm³/mol. The molecule has 0 spiro atoms. The fourth-order valence-electron chi connectivity index (χ4n) is 3.42. The number of benzene rings is 1. The van der Waals surface area contributed by atoms with Crippen LogP contribution in [-0.4, -0.2) is 66.5 Å². The molecule has 7 heteroatoms. The highest BCUT2D eigenvalue weighted by Crippen LogP contribution is 2.32. The number of carbonyl (C=O) groups is 3. The van der Waals surface area contributed by atoms with Crippen LogP contribution in [-0.2, 0) is 20.7 Å². The van der Waals surface area contributed by atoms with Gasteiger partial charge < -0.3 is 19.4 Å². The van der Waals surface area contributed by atoms with Crippen molar-refractivity contribution in [3.8, 4) is 0 Å². The Kier molecular flexibility index (Phi) is 4.92. The van der Waals surface area contributed by atoms with Gasteiger partial charge in [-0.3, -0.25) is 9.59 Å². The third kappa shape index (κ3) is 3.31. The number of amides is 3. The number of ether oxygens (including phenoxy) is 1. The van der Waals surface area contributed by atoms with E-state index < -0.39 is 11.8 Å². The molecule has 2 aliphatic rings. The fourth-order valence-corrected chi connectivity index (χ4v) is 3.42. The van der Waals surface area contributed by atoms with Crippen molar-refractivity contribution < 1.29 is 19.1 Å². The lowest BCUT2D eigenvalue weighted by molar-refractivity contribution is -0.145. The molecule has 2 heterocycles. The van der Waals surface area contributed by atoms with Crippen molar-refractivity contribution in [3.63, 3.8) is 0 Å². The van der Waals surface area contributed by atoms with Gasteiger partial charge in [0.1, 0.15) is 0 Å². The molecule has 2 aliphatic heterocycles. The van der Waals surface area contributed by atoms with Crippen LogP contribution in [0.4, 0.5) is 10.5 Å². The van der Waals surface area contributed by atoms with Crippen molar-refractivity contribution in [2.45, 2.75) is 26.3 Å². The molecule has 3 rings (SSSR count). The van der Waals surface area contributed by atoms with E-state index in [4.69, 9.17) is 4.74 Å². The van der Waals surface area contributed by atoms with Gasteiger partial charge in [-0.2, -0.15) is 0 Å². The van der Waals surface area contributed by atoms with Crippen LogP contribution in [0.15, 0.2) is 24.3 Å². The average molecular weight is 345 g/mol. The average Bonchev–Trinajstić information content (AvgIpc) is 2.96. The summed E-state index contributed by atoms with van der Waals surface area (Å²) in [5.41, 5.74) is 1.90. The Hall–Kier alpha value is -2.57. The van der Waals surface area contributed by atoms with Crippen molar-refractivity contribution in [1.29, 1.82) is 0 Å². The smallest absolute Gasteiger partial charge is 0.409 e. The van der Waals surface area contributed by atoms with Gasteiger partial charge in [0.25, 0.3) is 0 Å². The summed E-state index contributed by atoms with van der Waals surface area (Å²) in [6.07, 6.45) is 0.384. The number of carbonyl (C=O) groups excluding carboxylic acids is 3. The van der Waals surface area contributed by atoms with E-state index in [1.807, 2.05) is 31.2 Å². The summed E-state index contributed by atoms with van der Waals surface area (Å²) in [4.78, 5) is 41.8. The molecule has 0 radical (unpaired) electrons. The van der Waals surface area contributed by atoms with Crippen molar-refractivity contribution in [1.82, 2.24) is 9.80 Å². The van der Waals surface area contributed by atoms with Crippen molar-refractivity contribution >= 4 is 23.6 Å². The molecule has 1 atom stereocenters. The molecule has 134 valence electrons. The van der Waals surface area contributed by atoms with Crippen LogP contribution in [0.3, 0.4) is 0 Å². The van der Waals surface area contributed by atoms with Crippen molar-refractivity contribution in [3.05, 3.63) is 29.8 Å². The number of anilines is 1. The number of hydrogen-bond acceptors (Lipinski definition) is 4. The third-order valence-electron chi connectivity index (χ3n) is 4.70. The van der Waals surface area contributed by atoms with E-state index in [1.165, 1.54) is 4.90 Å². The molecular weight excluding hydrogens is 322 g/mol. The maximum Gasteiger partial charge on any atom is 0.409 e. The van der Waals surface area contributed by atoms with Gasteiger partial charge in [-0.05, 0) is 31.9 Å². The van der Waals surface area contributed by atoms with Crippen LogP contribution in [0, 0.1) is 0 Å². The monoisotopic (exact) mass is 345 g/mol. The first-order valence-electron chi connectivity index (χ1n) is 8.65. The molecule has 1 fully saturated rings. The first-order valence-corrected chi connectivity index (χ1v) is 8.65. The first kappa shape index (κ1) is 17.3. The minimum absolute atomic E-state index is 0.0327. The molecule has 0 bridgehead atoms. The van der Waals surface area contributed by atoms with E-state index in [1.54, 1.807) is 16.7 Å². The second-order valence-electron chi connectivity index (χ2n) is 6.34. The summed E-state index contributed by atoms with van der Waals surface area (Å²) >= 11 is 0. The van der Waals surface area contributed by atoms with E-state index in [-0.39, 0.29) is 12.1 Å². The molecule has 3 amide bonds. The van der Waals surface area contributed by atoms with Gasteiger partial charge in [0.05, 0.1) is 6.61 Å². The standard InChI is InChI=1S/C18H23N3O4/c1-3-25-18(24)20-10-8-19(9-11-20)16(22)17(23)21-13(2)12-14-6-4-5-7-15(14)21/h4-7,13H,3,8-12H2,1-2H3. The summed E-state index contributed by atoms with van der Waals surface area (Å²) in [6, 6.07) is 7.65. The van der Waals surface area contributed by atoms with Crippen LogP contribution >= 0.6 is 0 Å². The van der Waals surface area contributed by atoms with Gasteiger partial charge in [0.15, 0.2) is 0 Å². The number of fused-ring (bicyclic) bond motifs is 1. The molecule has 1 aromatic carbocycles. The van der Waals surface area contributed by atoms with E-state index in [0.29, 0.717) is 32.8 Å². The summed E-state index contributed by atoms with van der Waals surface area (Å²) in [7, 11) is 0. The molecule has 0 N–H and O–H groups in total. The highest BCUT2D eigenvalue weighted by molar-refractivity contribution is 6.40. The zero-order chi connectivity index (χ0) is 18.0. The highest BCUT2D eigenvalue weighted by Gasteiger charge is 2.37. The van der Waals surface area contributed by atoms with Crippen LogP contribution in [0.5, 0.6) is 0 Å². The van der Waals surface area contributed by atoms with Crippen LogP contribution in [0.25, 0.3) is 0 Å². The van der Waals surface area contributed by atoms with Crippen molar-refractivity contribution in [2.75, 3.05) is 37.7 Å². The molecular formula is C18H23N3O4. The first-order chi connectivity index (χ1) is 12.0. The zero-order valence-corrected chi connectivity index (χ0v) is 14.6. The number of para-hydroxylation sites is 1. The molecule has 0 aromatic heterocycles. The Labute approximate surface area is 147 Å². The second-order valence-corrected chi connectivity index (χ2v) is 6.34. The van der Waals surface area contributed by atoms with Crippen LogP contribution < -0.4 is 4.90 Å². The van der Waals surface area contributed by atoms with Gasteiger partial charge in [-0.25, -0.2) is 4.79 Å². The maximum absolute atomic E-state index is 12.8. The van der Waals surface area contributed by atoms with Crippen LogP contribution in [0.1, 0.15) is 19.4 Å². The zero-order valence-electron chi connectivity index (χ0n) is 14.6. The van der Waals surface area contributed by atoms with Gasteiger partial charge in [0, 0.05) is 37.9 Å². The summed E-state index contributed by atoms with van der Waals surface area (Å²) < 4.78 is 4.97. The predicted octanol–water partition coefficient (Wildman–Crippen LogP) is 1.26. The second kappa shape index (κ2) is 7.13. The quantitative estimate of drug-likeness (QED) is 0.719. The number of nitrogens with zero attached hydrogens (tertiary/aromatic N) is 3. The third-order valence-corrected chi connectivity index (χ3v) is 4.70.